The molecular weight excluding hydrogens is 412 g/mol. The highest BCUT2D eigenvalue weighted by molar-refractivity contribution is 6.14. The average molecular weight is 443 g/mol. The Hall–Kier alpha value is -3.33. The number of nitrogens with zero attached hydrogens (tertiary/aromatic N) is 2. The minimum Gasteiger partial charge on any atom is -0.472 e. The Balaban J connectivity index is 2.18. The maximum atomic E-state index is 12.8. The number of furan rings is 1. The van der Waals surface area contributed by atoms with Crippen LogP contribution in [0.4, 0.5) is 11.4 Å². The second kappa shape index (κ2) is 9.04. The highest BCUT2D eigenvalue weighted by Gasteiger charge is 2.28. The van der Waals surface area contributed by atoms with Crippen molar-refractivity contribution >= 4 is 34.3 Å². The zero-order valence-electron chi connectivity index (χ0n) is 19.2. The van der Waals surface area contributed by atoms with Gasteiger partial charge in [-0.1, -0.05) is 13.8 Å². The molecule has 0 aliphatic heterocycles. The van der Waals surface area contributed by atoms with Gasteiger partial charge in [0.25, 0.3) is 5.91 Å². The van der Waals surface area contributed by atoms with Crippen molar-refractivity contribution in [3.8, 4) is 0 Å². The monoisotopic (exact) mass is 442 g/mol. The van der Waals surface area contributed by atoms with Gasteiger partial charge in [0.05, 0.1) is 48.2 Å². The highest BCUT2D eigenvalue weighted by atomic mass is 16.5. The van der Waals surface area contributed by atoms with Crippen molar-refractivity contribution in [3.63, 3.8) is 0 Å². The van der Waals surface area contributed by atoms with Crippen molar-refractivity contribution in [2.75, 3.05) is 17.7 Å². The number of nitrogens with one attached hydrogen (secondary N) is 2. The number of esters is 1. The molecule has 0 unspecified atom stereocenters. The second-order valence-electron chi connectivity index (χ2n) is 8.80. The molecule has 1 atom stereocenters. The van der Waals surface area contributed by atoms with Gasteiger partial charge in [-0.2, -0.15) is 0 Å². The Bertz CT molecular complexity index is 1110. The normalized spacial score (nSPS) is 12.8. The molecule has 0 fully saturated rings. The largest absolute Gasteiger partial charge is 0.472 e. The Morgan fingerprint density at radius 2 is 2.03 bits per heavy atom. The van der Waals surface area contributed by atoms with E-state index in [1.165, 1.54) is 25.7 Å². The lowest BCUT2D eigenvalue weighted by Crippen LogP contribution is -2.39. The van der Waals surface area contributed by atoms with Crippen molar-refractivity contribution < 1.29 is 23.8 Å². The zero-order chi connectivity index (χ0) is 23.6. The van der Waals surface area contributed by atoms with E-state index in [0.717, 1.165) is 0 Å². The van der Waals surface area contributed by atoms with Crippen LogP contribution in [0.5, 0.6) is 0 Å². The number of amides is 1. The van der Waals surface area contributed by atoms with Crippen molar-refractivity contribution in [2.45, 2.75) is 52.8 Å². The second-order valence-corrected chi connectivity index (χ2v) is 8.80. The van der Waals surface area contributed by atoms with Gasteiger partial charge in [-0.05, 0) is 38.8 Å². The van der Waals surface area contributed by atoms with Gasteiger partial charge in [0.1, 0.15) is 11.9 Å². The molecule has 0 saturated heterocycles. The summed E-state index contributed by atoms with van der Waals surface area (Å²) in [4.78, 5) is 30.2. The van der Waals surface area contributed by atoms with Crippen LogP contribution in [0.2, 0.25) is 0 Å². The zero-order valence-corrected chi connectivity index (χ0v) is 19.2. The number of aromatic nitrogens is 2. The summed E-state index contributed by atoms with van der Waals surface area (Å²) in [6.07, 6.45) is 4.38. The number of carbonyl (C=O) groups is 2. The Morgan fingerprint density at radius 3 is 2.59 bits per heavy atom. The van der Waals surface area contributed by atoms with Crippen molar-refractivity contribution in [2.24, 2.45) is 5.92 Å². The van der Waals surface area contributed by atoms with Crippen LogP contribution >= 0.6 is 0 Å². The lowest BCUT2D eigenvalue weighted by atomic mass is 10.0. The Labute approximate surface area is 186 Å². The minimum absolute atomic E-state index is 0.209. The fourth-order valence-corrected chi connectivity index (χ4v) is 3.29. The molecule has 9 nitrogen and oxygen atoms in total. The van der Waals surface area contributed by atoms with Gasteiger partial charge < -0.3 is 29.5 Å². The van der Waals surface area contributed by atoms with Crippen molar-refractivity contribution in [1.82, 2.24) is 9.55 Å². The first kappa shape index (κ1) is 23.3. The van der Waals surface area contributed by atoms with Crippen LogP contribution in [0.3, 0.4) is 0 Å². The standard InChI is InChI=1S/C23H30N4O5/c1-13(2)11-27-19(22(29)31-6)18(26-21(28)15-7-8-32-12-15)17-9-16(10-24-20(17)27)25-14(3)23(4,5)30/h7-10,12-14,25,30H,11H2,1-6H3,(H,26,28)/t14-/m1/s1. The van der Waals surface area contributed by atoms with E-state index in [1.807, 2.05) is 20.8 Å². The summed E-state index contributed by atoms with van der Waals surface area (Å²) in [6, 6.07) is 3.07. The number of hydrogen-bond acceptors (Lipinski definition) is 7. The summed E-state index contributed by atoms with van der Waals surface area (Å²) < 4.78 is 11.8. The molecule has 172 valence electrons. The van der Waals surface area contributed by atoms with E-state index in [-0.39, 0.29) is 17.7 Å². The lowest BCUT2D eigenvalue weighted by Gasteiger charge is -2.27. The summed E-state index contributed by atoms with van der Waals surface area (Å²) in [5, 5.41) is 16.9. The third kappa shape index (κ3) is 4.77. The fraction of sp³-hybridized carbons (Fsp3) is 0.435. The van der Waals surface area contributed by atoms with E-state index >= 15 is 0 Å². The maximum Gasteiger partial charge on any atom is 0.356 e. The fourth-order valence-electron chi connectivity index (χ4n) is 3.29. The van der Waals surface area contributed by atoms with Crippen LogP contribution in [-0.4, -0.2) is 45.3 Å². The third-order valence-corrected chi connectivity index (χ3v) is 5.29. The molecule has 3 aromatic heterocycles. The average Bonchev–Trinajstić information content (AvgIpc) is 3.34. The SMILES string of the molecule is COC(=O)c1c(NC(=O)c2ccoc2)c2cc(N[C@H](C)C(C)(C)O)cnc2n1CC(C)C. The summed E-state index contributed by atoms with van der Waals surface area (Å²) in [6.45, 7) is 9.83. The summed E-state index contributed by atoms with van der Waals surface area (Å²) in [5.41, 5.74) is 1.07. The molecule has 0 aromatic carbocycles. The molecule has 0 aliphatic carbocycles. The van der Waals surface area contributed by atoms with Gasteiger partial charge in [0.2, 0.25) is 0 Å². The van der Waals surface area contributed by atoms with Crippen LogP contribution < -0.4 is 10.6 Å². The molecule has 1 amide bonds. The van der Waals surface area contributed by atoms with E-state index in [1.54, 1.807) is 30.7 Å². The molecule has 3 rings (SSSR count). The number of fused-ring (bicyclic) bond motifs is 1. The van der Waals surface area contributed by atoms with Gasteiger partial charge in [-0.25, -0.2) is 9.78 Å². The predicted octanol–water partition coefficient (Wildman–Crippen LogP) is 3.90. The molecule has 3 aromatic rings. The van der Waals surface area contributed by atoms with E-state index in [2.05, 4.69) is 15.6 Å². The number of methoxy groups -OCH3 is 1. The highest BCUT2D eigenvalue weighted by Crippen LogP contribution is 2.34. The first-order valence-electron chi connectivity index (χ1n) is 10.5. The molecule has 3 N–H and O–H groups in total. The van der Waals surface area contributed by atoms with E-state index in [9.17, 15) is 14.7 Å². The molecule has 32 heavy (non-hydrogen) atoms. The summed E-state index contributed by atoms with van der Waals surface area (Å²) >= 11 is 0. The first-order valence-corrected chi connectivity index (χ1v) is 10.5. The molecule has 0 aliphatic rings. The number of carbonyl (C=O) groups excluding carboxylic acids is 2. The summed E-state index contributed by atoms with van der Waals surface area (Å²) in [7, 11) is 1.30. The van der Waals surface area contributed by atoms with Gasteiger partial charge in [0.15, 0.2) is 5.69 Å². The van der Waals surface area contributed by atoms with Crippen LogP contribution in [0.25, 0.3) is 11.0 Å². The number of rotatable bonds is 8. The molecule has 0 spiro atoms. The van der Waals surface area contributed by atoms with Crippen molar-refractivity contribution in [3.05, 3.63) is 42.1 Å². The number of aliphatic hydroxyl groups is 1. The predicted molar refractivity (Wildman–Crippen MR) is 122 cm³/mol. The van der Waals surface area contributed by atoms with Gasteiger partial charge in [-0.15, -0.1) is 0 Å². The Kier molecular flexibility index (Phi) is 6.59. The van der Waals surface area contributed by atoms with Gasteiger partial charge in [0, 0.05) is 11.9 Å². The van der Waals surface area contributed by atoms with Crippen LogP contribution in [0, 0.1) is 5.92 Å². The number of pyridine rings is 1. The molecule has 3 heterocycles. The molecular formula is C23H30N4O5. The summed E-state index contributed by atoms with van der Waals surface area (Å²) in [5.74, 6) is -0.789. The Morgan fingerprint density at radius 1 is 1.31 bits per heavy atom. The van der Waals surface area contributed by atoms with Crippen molar-refractivity contribution in [1.29, 1.82) is 0 Å². The smallest absolute Gasteiger partial charge is 0.356 e. The topological polar surface area (TPSA) is 119 Å². The van der Waals surface area contributed by atoms with Crippen LogP contribution in [0.15, 0.2) is 35.3 Å². The van der Waals surface area contributed by atoms with E-state index < -0.39 is 17.5 Å². The molecule has 9 heteroatoms. The molecule has 0 radical (unpaired) electrons. The number of hydrogen-bond donors (Lipinski definition) is 3. The first-order chi connectivity index (χ1) is 15.0. The third-order valence-electron chi connectivity index (χ3n) is 5.29. The van der Waals surface area contributed by atoms with Gasteiger partial charge >= 0.3 is 5.97 Å². The van der Waals surface area contributed by atoms with E-state index in [4.69, 9.17) is 9.15 Å². The number of ether oxygens (including phenoxy) is 1. The molecule has 0 saturated carbocycles. The van der Waals surface area contributed by atoms with Crippen LogP contribution in [-0.2, 0) is 11.3 Å². The van der Waals surface area contributed by atoms with Gasteiger partial charge in [-0.3, -0.25) is 4.79 Å². The molecule has 0 bridgehead atoms. The van der Waals surface area contributed by atoms with E-state index in [0.29, 0.717) is 34.5 Å². The minimum atomic E-state index is -0.964. The van der Waals surface area contributed by atoms with Crippen LogP contribution in [0.1, 0.15) is 55.5 Å². The quantitative estimate of drug-likeness (QED) is 0.453. The lowest BCUT2D eigenvalue weighted by molar-refractivity contribution is 0.0588. The number of anilines is 2. The maximum absolute atomic E-state index is 12.8.